The molecule has 0 saturated heterocycles. The summed E-state index contributed by atoms with van der Waals surface area (Å²) in [6, 6.07) is 12.2. The Bertz CT molecular complexity index is 686. The van der Waals surface area contributed by atoms with E-state index in [4.69, 9.17) is 0 Å². The number of carbonyl (C=O) groups excluding carboxylic acids is 1. The maximum atomic E-state index is 13.9. The largest absolute Gasteiger partial charge is 0.305 e. The van der Waals surface area contributed by atoms with Crippen molar-refractivity contribution in [1.82, 2.24) is 0 Å². The Morgan fingerprint density at radius 2 is 2.05 bits per heavy atom. The summed E-state index contributed by atoms with van der Waals surface area (Å²) >= 11 is 3.28. The molecule has 3 rings (SSSR count). The van der Waals surface area contributed by atoms with Gasteiger partial charge in [-0.1, -0.05) is 34.1 Å². The molecule has 0 fully saturated rings. The maximum Gasteiger partial charge on any atom is 0.261 e. The zero-order chi connectivity index (χ0) is 14.3. The van der Waals surface area contributed by atoms with Crippen LogP contribution in [0.1, 0.15) is 22.8 Å². The predicted octanol–water partition coefficient (Wildman–Crippen LogP) is 4.18. The van der Waals surface area contributed by atoms with Crippen LogP contribution < -0.4 is 4.90 Å². The molecule has 20 heavy (non-hydrogen) atoms. The van der Waals surface area contributed by atoms with Gasteiger partial charge in [0.25, 0.3) is 5.91 Å². The van der Waals surface area contributed by atoms with Gasteiger partial charge < -0.3 is 4.90 Å². The number of hydrogen-bond acceptors (Lipinski definition) is 1. The Kier molecular flexibility index (Phi) is 3.34. The molecule has 0 aromatic heterocycles. The lowest BCUT2D eigenvalue weighted by Crippen LogP contribution is -2.36. The van der Waals surface area contributed by atoms with Gasteiger partial charge in [-0.3, -0.25) is 4.79 Å². The maximum absolute atomic E-state index is 13.9. The minimum Gasteiger partial charge on any atom is -0.305 e. The van der Waals surface area contributed by atoms with Crippen molar-refractivity contribution in [3.63, 3.8) is 0 Å². The Hall–Kier alpha value is -1.68. The lowest BCUT2D eigenvalue weighted by atomic mass is 10.1. The van der Waals surface area contributed by atoms with E-state index in [1.54, 1.807) is 11.0 Å². The smallest absolute Gasteiger partial charge is 0.261 e. The normalized spacial score (nSPS) is 17.1. The van der Waals surface area contributed by atoms with Crippen molar-refractivity contribution >= 4 is 27.5 Å². The van der Waals surface area contributed by atoms with Crippen LogP contribution in [0, 0.1) is 5.82 Å². The van der Waals surface area contributed by atoms with Gasteiger partial charge in [0, 0.05) is 16.2 Å². The average molecular weight is 334 g/mol. The fourth-order valence-corrected chi connectivity index (χ4v) is 3.03. The third-order valence-electron chi connectivity index (χ3n) is 3.58. The summed E-state index contributed by atoms with van der Waals surface area (Å²) in [6.45, 7) is 1.98. The number of amides is 1. The van der Waals surface area contributed by atoms with Crippen molar-refractivity contribution in [2.45, 2.75) is 19.4 Å². The highest BCUT2D eigenvalue weighted by Gasteiger charge is 2.32. The third kappa shape index (κ3) is 2.14. The van der Waals surface area contributed by atoms with Crippen LogP contribution in [0.3, 0.4) is 0 Å². The third-order valence-corrected chi connectivity index (χ3v) is 4.08. The highest BCUT2D eigenvalue weighted by atomic mass is 79.9. The Morgan fingerprint density at radius 1 is 1.30 bits per heavy atom. The quantitative estimate of drug-likeness (QED) is 0.766. The second-order valence-corrected chi connectivity index (χ2v) is 5.90. The Morgan fingerprint density at radius 3 is 2.85 bits per heavy atom. The van der Waals surface area contributed by atoms with E-state index in [0.29, 0.717) is 4.47 Å². The minimum atomic E-state index is -0.491. The van der Waals surface area contributed by atoms with Crippen LogP contribution in [0.2, 0.25) is 0 Å². The molecule has 2 nitrogen and oxygen atoms in total. The Balaban J connectivity index is 2.05. The van der Waals surface area contributed by atoms with Crippen molar-refractivity contribution in [2.24, 2.45) is 0 Å². The number of anilines is 1. The van der Waals surface area contributed by atoms with Gasteiger partial charge in [-0.15, -0.1) is 0 Å². The molecule has 2 aromatic rings. The first kappa shape index (κ1) is 13.3. The monoisotopic (exact) mass is 333 g/mol. The van der Waals surface area contributed by atoms with Crippen molar-refractivity contribution in [3.05, 3.63) is 63.9 Å². The molecule has 1 atom stereocenters. The molecule has 0 unspecified atom stereocenters. The van der Waals surface area contributed by atoms with Crippen molar-refractivity contribution in [1.29, 1.82) is 0 Å². The molecule has 0 aliphatic carbocycles. The summed E-state index contributed by atoms with van der Waals surface area (Å²) in [5.74, 6) is -0.781. The predicted molar refractivity (Wildman–Crippen MR) is 80.5 cm³/mol. The van der Waals surface area contributed by atoms with E-state index in [1.807, 2.05) is 31.2 Å². The van der Waals surface area contributed by atoms with Crippen LogP contribution in [0.25, 0.3) is 0 Å². The standard InChI is InChI=1S/C16H13BrFNO/c1-10-8-11-4-2-3-5-15(11)19(10)16(20)13-9-12(17)6-7-14(13)18/h2-7,9-10H,8H2,1H3/t10-/m1/s1. The topological polar surface area (TPSA) is 20.3 Å². The molecule has 4 heteroatoms. The van der Waals surface area contributed by atoms with E-state index in [-0.39, 0.29) is 17.5 Å². The number of para-hydroxylation sites is 1. The van der Waals surface area contributed by atoms with Crippen LogP contribution in [0.5, 0.6) is 0 Å². The molecule has 0 bridgehead atoms. The molecule has 0 spiro atoms. The molecule has 1 aliphatic rings. The molecular weight excluding hydrogens is 321 g/mol. The van der Waals surface area contributed by atoms with Crippen LogP contribution in [-0.4, -0.2) is 11.9 Å². The molecule has 0 N–H and O–H groups in total. The Labute approximate surface area is 125 Å². The van der Waals surface area contributed by atoms with E-state index in [1.165, 1.54) is 12.1 Å². The van der Waals surface area contributed by atoms with Gasteiger partial charge >= 0.3 is 0 Å². The van der Waals surface area contributed by atoms with E-state index in [9.17, 15) is 9.18 Å². The molecule has 102 valence electrons. The summed E-state index contributed by atoms with van der Waals surface area (Å²) in [5.41, 5.74) is 2.11. The molecule has 1 amide bonds. The summed E-state index contributed by atoms with van der Waals surface area (Å²) in [4.78, 5) is 14.3. The van der Waals surface area contributed by atoms with Crippen LogP contribution in [0.4, 0.5) is 10.1 Å². The lowest BCUT2D eigenvalue weighted by Gasteiger charge is -2.23. The number of nitrogens with zero attached hydrogens (tertiary/aromatic N) is 1. The zero-order valence-electron chi connectivity index (χ0n) is 10.9. The average Bonchev–Trinajstić information content (AvgIpc) is 2.76. The number of rotatable bonds is 1. The summed E-state index contributed by atoms with van der Waals surface area (Å²) in [7, 11) is 0. The fourth-order valence-electron chi connectivity index (χ4n) is 2.67. The van der Waals surface area contributed by atoms with E-state index in [2.05, 4.69) is 15.9 Å². The highest BCUT2D eigenvalue weighted by molar-refractivity contribution is 9.10. The number of halogens is 2. The summed E-state index contributed by atoms with van der Waals surface area (Å²) < 4.78 is 14.6. The van der Waals surface area contributed by atoms with E-state index < -0.39 is 5.82 Å². The number of fused-ring (bicyclic) bond motifs is 1. The van der Waals surface area contributed by atoms with Gasteiger partial charge in [-0.05, 0) is 43.2 Å². The van der Waals surface area contributed by atoms with Crippen LogP contribution in [0.15, 0.2) is 46.9 Å². The van der Waals surface area contributed by atoms with Crippen LogP contribution in [-0.2, 0) is 6.42 Å². The van der Waals surface area contributed by atoms with Gasteiger partial charge in [0.15, 0.2) is 0 Å². The number of hydrogen-bond donors (Lipinski definition) is 0. The highest BCUT2D eigenvalue weighted by Crippen LogP contribution is 2.33. The van der Waals surface area contributed by atoms with Crippen molar-refractivity contribution in [3.8, 4) is 0 Å². The SMILES string of the molecule is C[C@@H]1Cc2ccccc2N1C(=O)c1cc(Br)ccc1F. The first-order valence-corrected chi connectivity index (χ1v) is 7.24. The fraction of sp³-hybridized carbons (Fsp3) is 0.188. The van der Waals surface area contributed by atoms with E-state index >= 15 is 0 Å². The first-order valence-electron chi connectivity index (χ1n) is 6.44. The van der Waals surface area contributed by atoms with Gasteiger partial charge in [0.1, 0.15) is 5.82 Å². The first-order chi connectivity index (χ1) is 9.58. The molecule has 2 aromatic carbocycles. The molecule has 0 saturated carbocycles. The zero-order valence-corrected chi connectivity index (χ0v) is 12.5. The lowest BCUT2D eigenvalue weighted by molar-refractivity contribution is 0.0977. The minimum absolute atomic E-state index is 0.0401. The molecule has 1 heterocycles. The number of benzene rings is 2. The number of carbonyl (C=O) groups is 1. The summed E-state index contributed by atoms with van der Waals surface area (Å²) in [5, 5.41) is 0. The molecular formula is C16H13BrFNO. The summed E-state index contributed by atoms with van der Waals surface area (Å²) in [6.07, 6.45) is 0.803. The van der Waals surface area contributed by atoms with Crippen molar-refractivity contribution < 1.29 is 9.18 Å². The molecule has 0 radical (unpaired) electrons. The van der Waals surface area contributed by atoms with Gasteiger partial charge in [0.05, 0.1) is 5.56 Å². The van der Waals surface area contributed by atoms with Gasteiger partial charge in [0.2, 0.25) is 0 Å². The van der Waals surface area contributed by atoms with E-state index in [0.717, 1.165) is 17.7 Å². The molecule has 1 aliphatic heterocycles. The van der Waals surface area contributed by atoms with Gasteiger partial charge in [-0.25, -0.2) is 4.39 Å². The second kappa shape index (κ2) is 5.02. The van der Waals surface area contributed by atoms with Gasteiger partial charge in [-0.2, -0.15) is 0 Å². The van der Waals surface area contributed by atoms with Crippen LogP contribution >= 0.6 is 15.9 Å². The second-order valence-electron chi connectivity index (χ2n) is 4.98. The van der Waals surface area contributed by atoms with Crippen molar-refractivity contribution in [2.75, 3.05) is 4.90 Å².